The Hall–Kier alpha value is -2.08. The standard InChI is InChI=1S/C26H29Cl2N3OS/c1-3-4-5-10-20-12-14-24(33-20)25-17(2)22(16-29-26(32)18-8-6-7-9-18)30-31(25)23-13-11-19(27)15-21(23)28/h5,10-15,18H,3-4,6-9,16H2,1-2H3,(H,29,32)/b10-5+. The van der Waals surface area contributed by atoms with Gasteiger partial charge in [0.15, 0.2) is 0 Å². The highest BCUT2D eigenvalue weighted by Crippen LogP contribution is 2.36. The minimum atomic E-state index is 0.131. The van der Waals surface area contributed by atoms with Gasteiger partial charge in [0.25, 0.3) is 0 Å². The zero-order valence-corrected chi connectivity index (χ0v) is 21.4. The lowest BCUT2D eigenvalue weighted by Crippen LogP contribution is -2.29. The van der Waals surface area contributed by atoms with Gasteiger partial charge in [0.05, 0.1) is 33.5 Å². The third-order valence-corrected chi connectivity index (χ3v) is 7.71. The van der Waals surface area contributed by atoms with E-state index in [0.717, 1.165) is 66.0 Å². The predicted octanol–water partition coefficient (Wildman–Crippen LogP) is 7.84. The number of thiophene rings is 1. The molecule has 1 amide bonds. The maximum atomic E-state index is 12.6. The van der Waals surface area contributed by atoms with Gasteiger partial charge in [0.1, 0.15) is 0 Å². The number of nitrogens with zero attached hydrogens (tertiary/aromatic N) is 2. The van der Waals surface area contributed by atoms with Gasteiger partial charge in [-0.05, 0) is 62.6 Å². The third kappa shape index (κ3) is 5.53. The molecule has 2 aromatic heterocycles. The highest BCUT2D eigenvalue weighted by Gasteiger charge is 2.24. The van der Waals surface area contributed by atoms with E-state index < -0.39 is 0 Å². The molecule has 4 rings (SSSR count). The number of halogens is 2. The van der Waals surface area contributed by atoms with Crippen LogP contribution < -0.4 is 5.32 Å². The number of aromatic nitrogens is 2. The van der Waals surface area contributed by atoms with E-state index in [2.05, 4.69) is 43.4 Å². The molecular formula is C26H29Cl2N3OS. The van der Waals surface area contributed by atoms with E-state index in [1.165, 1.54) is 4.88 Å². The Labute approximate surface area is 209 Å². The number of carbonyl (C=O) groups excluding carboxylic acids is 1. The Morgan fingerprint density at radius 3 is 2.76 bits per heavy atom. The minimum absolute atomic E-state index is 0.131. The number of hydrogen-bond donors (Lipinski definition) is 1. The van der Waals surface area contributed by atoms with Crippen LogP contribution in [0.5, 0.6) is 0 Å². The summed E-state index contributed by atoms with van der Waals surface area (Å²) in [7, 11) is 0. The van der Waals surface area contributed by atoms with Gasteiger partial charge in [-0.15, -0.1) is 11.3 Å². The Morgan fingerprint density at radius 1 is 1.24 bits per heavy atom. The summed E-state index contributed by atoms with van der Waals surface area (Å²) in [5.41, 5.74) is 3.64. The Morgan fingerprint density at radius 2 is 2.03 bits per heavy atom. The number of nitrogens with one attached hydrogen (secondary N) is 1. The van der Waals surface area contributed by atoms with Crippen molar-refractivity contribution in [2.45, 2.75) is 58.9 Å². The fraction of sp³-hybridized carbons (Fsp3) is 0.385. The van der Waals surface area contributed by atoms with Crippen molar-refractivity contribution in [1.29, 1.82) is 0 Å². The van der Waals surface area contributed by atoms with E-state index in [1.807, 2.05) is 16.8 Å². The van der Waals surface area contributed by atoms with Crippen molar-refractivity contribution in [3.63, 3.8) is 0 Å². The Bertz CT molecular complexity index is 1160. The topological polar surface area (TPSA) is 46.9 Å². The molecule has 0 spiro atoms. The fourth-order valence-electron chi connectivity index (χ4n) is 4.26. The van der Waals surface area contributed by atoms with Crippen LogP contribution in [-0.4, -0.2) is 15.7 Å². The molecule has 33 heavy (non-hydrogen) atoms. The quantitative estimate of drug-likeness (QED) is 0.341. The maximum Gasteiger partial charge on any atom is 0.223 e. The smallest absolute Gasteiger partial charge is 0.223 e. The molecule has 1 N–H and O–H groups in total. The van der Waals surface area contributed by atoms with Crippen molar-refractivity contribution >= 4 is 46.5 Å². The number of allylic oxidation sites excluding steroid dienone is 1. The lowest BCUT2D eigenvalue weighted by Gasteiger charge is -2.09. The van der Waals surface area contributed by atoms with Crippen molar-refractivity contribution in [2.75, 3.05) is 0 Å². The molecule has 0 aliphatic heterocycles. The largest absolute Gasteiger partial charge is 0.350 e. The van der Waals surface area contributed by atoms with E-state index in [0.29, 0.717) is 16.6 Å². The highest BCUT2D eigenvalue weighted by atomic mass is 35.5. The maximum absolute atomic E-state index is 12.6. The van der Waals surface area contributed by atoms with Crippen LogP contribution in [0.3, 0.4) is 0 Å². The minimum Gasteiger partial charge on any atom is -0.350 e. The first-order valence-electron chi connectivity index (χ1n) is 11.6. The molecule has 1 aliphatic carbocycles. The zero-order valence-electron chi connectivity index (χ0n) is 19.0. The summed E-state index contributed by atoms with van der Waals surface area (Å²) in [5, 5.41) is 9.12. The van der Waals surface area contributed by atoms with E-state index in [-0.39, 0.29) is 11.8 Å². The van der Waals surface area contributed by atoms with Gasteiger partial charge in [0.2, 0.25) is 5.91 Å². The summed E-state index contributed by atoms with van der Waals surface area (Å²) in [6, 6.07) is 9.69. The van der Waals surface area contributed by atoms with E-state index in [9.17, 15) is 4.79 Å². The van der Waals surface area contributed by atoms with Crippen LogP contribution in [0.2, 0.25) is 10.0 Å². The number of carbonyl (C=O) groups is 1. The van der Waals surface area contributed by atoms with Gasteiger partial charge < -0.3 is 5.32 Å². The number of unbranched alkanes of at least 4 members (excludes halogenated alkanes) is 1. The zero-order chi connectivity index (χ0) is 23.4. The molecule has 0 atom stereocenters. The summed E-state index contributed by atoms with van der Waals surface area (Å²) >= 11 is 14.4. The average molecular weight is 503 g/mol. The van der Waals surface area contributed by atoms with Crippen LogP contribution in [0, 0.1) is 12.8 Å². The normalized spacial score (nSPS) is 14.4. The lowest BCUT2D eigenvalue weighted by molar-refractivity contribution is -0.124. The van der Waals surface area contributed by atoms with Crippen molar-refractivity contribution in [3.8, 4) is 16.3 Å². The van der Waals surface area contributed by atoms with Crippen LogP contribution in [-0.2, 0) is 11.3 Å². The van der Waals surface area contributed by atoms with E-state index in [1.54, 1.807) is 17.4 Å². The monoisotopic (exact) mass is 501 g/mol. The first-order chi connectivity index (χ1) is 16.0. The summed E-state index contributed by atoms with van der Waals surface area (Å²) in [6.45, 7) is 4.64. The number of amides is 1. The molecule has 0 unspecified atom stereocenters. The molecule has 174 valence electrons. The van der Waals surface area contributed by atoms with Gasteiger partial charge in [-0.1, -0.05) is 55.5 Å². The van der Waals surface area contributed by atoms with Crippen LogP contribution in [0.4, 0.5) is 0 Å². The van der Waals surface area contributed by atoms with Crippen molar-refractivity contribution in [2.24, 2.45) is 5.92 Å². The summed E-state index contributed by atoms with van der Waals surface area (Å²) in [5.74, 6) is 0.263. The number of benzene rings is 1. The Kier molecular flexibility index (Phi) is 7.94. The fourth-order valence-corrected chi connectivity index (χ4v) is 5.78. The molecule has 0 saturated heterocycles. The molecule has 1 fully saturated rings. The molecule has 2 heterocycles. The van der Waals surface area contributed by atoms with Gasteiger partial charge in [0, 0.05) is 21.4 Å². The molecule has 7 heteroatoms. The molecule has 1 aliphatic rings. The highest BCUT2D eigenvalue weighted by molar-refractivity contribution is 7.16. The van der Waals surface area contributed by atoms with Crippen LogP contribution >= 0.6 is 34.5 Å². The number of rotatable bonds is 8. The van der Waals surface area contributed by atoms with E-state index >= 15 is 0 Å². The van der Waals surface area contributed by atoms with Crippen molar-refractivity contribution < 1.29 is 4.79 Å². The number of hydrogen-bond acceptors (Lipinski definition) is 3. The molecule has 3 aromatic rings. The summed E-state index contributed by atoms with van der Waals surface area (Å²) in [4.78, 5) is 14.9. The van der Waals surface area contributed by atoms with E-state index in [4.69, 9.17) is 28.3 Å². The molecular weight excluding hydrogens is 473 g/mol. The second kappa shape index (κ2) is 10.9. The first-order valence-corrected chi connectivity index (χ1v) is 13.1. The summed E-state index contributed by atoms with van der Waals surface area (Å²) in [6.07, 6.45) is 10.8. The molecule has 1 saturated carbocycles. The van der Waals surface area contributed by atoms with Crippen molar-refractivity contribution in [1.82, 2.24) is 15.1 Å². The Balaban J connectivity index is 1.69. The van der Waals surface area contributed by atoms with Crippen LogP contribution in [0.1, 0.15) is 61.6 Å². The van der Waals surface area contributed by atoms with Gasteiger partial charge in [-0.25, -0.2) is 4.68 Å². The second-order valence-corrected chi connectivity index (χ2v) is 10.5. The van der Waals surface area contributed by atoms with Crippen LogP contribution in [0.15, 0.2) is 36.4 Å². The first kappa shape index (κ1) is 24.1. The average Bonchev–Trinajstić information content (AvgIpc) is 3.53. The molecule has 4 nitrogen and oxygen atoms in total. The second-order valence-electron chi connectivity index (χ2n) is 8.52. The third-order valence-electron chi connectivity index (χ3n) is 6.11. The molecule has 0 radical (unpaired) electrons. The molecule has 1 aromatic carbocycles. The molecule has 0 bridgehead atoms. The lowest BCUT2D eigenvalue weighted by atomic mass is 10.1. The SMILES string of the molecule is CCC/C=C/c1ccc(-c2c(C)c(CNC(=O)C3CCCC3)nn2-c2ccc(Cl)cc2Cl)s1. The van der Waals surface area contributed by atoms with Gasteiger partial charge in [-0.2, -0.15) is 5.10 Å². The van der Waals surface area contributed by atoms with Crippen molar-refractivity contribution in [3.05, 3.63) is 62.6 Å². The van der Waals surface area contributed by atoms with Gasteiger partial charge >= 0.3 is 0 Å². The van der Waals surface area contributed by atoms with Gasteiger partial charge in [-0.3, -0.25) is 4.79 Å². The summed E-state index contributed by atoms with van der Waals surface area (Å²) < 4.78 is 1.89. The van der Waals surface area contributed by atoms with Crippen LogP contribution in [0.25, 0.3) is 22.3 Å². The predicted molar refractivity (Wildman–Crippen MR) is 139 cm³/mol.